The summed E-state index contributed by atoms with van der Waals surface area (Å²) in [6.45, 7) is 17.3. The summed E-state index contributed by atoms with van der Waals surface area (Å²) in [6.07, 6.45) is -30.8. The van der Waals surface area contributed by atoms with Gasteiger partial charge in [-0.05, 0) is 41.5 Å². The van der Waals surface area contributed by atoms with E-state index in [0.29, 0.717) is 0 Å². The summed E-state index contributed by atoms with van der Waals surface area (Å²) in [7, 11) is 0. The molecule has 0 aromatic heterocycles. The predicted octanol–water partition coefficient (Wildman–Crippen LogP) is -0.114. The second-order valence-corrected chi connectivity index (χ2v) is 23.2. The van der Waals surface area contributed by atoms with E-state index in [4.69, 9.17) is 114 Å². The van der Waals surface area contributed by atoms with E-state index in [2.05, 4.69) is 0 Å². The number of carbonyl (C=O) groups is 9. The number of fused-ring (bicyclic) bond motifs is 4. The Hall–Kier alpha value is -5.37. The van der Waals surface area contributed by atoms with Crippen LogP contribution in [0.5, 0.6) is 0 Å². The van der Waals surface area contributed by atoms with Crippen molar-refractivity contribution in [2.45, 2.75) is 263 Å². The number of ether oxygens (including phenoxy) is 24. The molecule has 0 spiro atoms. The van der Waals surface area contributed by atoms with E-state index < -0.39 is 239 Å². The van der Waals surface area contributed by atoms with Crippen molar-refractivity contribution < 1.29 is 157 Å². The third kappa shape index (κ3) is 17.0. The van der Waals surface area contributed by atoms with Crippen LogP contribution in [0.2, 0.25) is 0 Å². The van der Waals surface area contributed by atoms with Crippen LogP contribution in [0.1, 0.15) is 104 Å². The summed E-state index contributed by atoms with van der Waals surface area (Å²) in [4.78, 5) is 113. The highest BCUT2D eigenvalue weighted by Gasteiger charge is 2.64. The minimum absolute atomic E-state index is 0.365. The first-order chi connectivity index (χ1) is 41.2. The molecule has 0 aromatic rings. The minimum atomic E-state index is -1.73. The van der Waals surface area contributed by atoms with E-state index in [1.54, 1.807) is 41.5 Å². The largest absolute Gasteiger partial charge is 0.463 e. The molecule has 8 aliphatic heterocycles. The zero-order valence-corrected chi connectivity index (χ0v) is 51.3. The Kier molecular flexibility index (Phi) is 21.8. The molecule has 33 heteroatoms. The lowest BCUT2D eigenvalue weighted by atomic mass is 9.97. The third-order valence-electron chi connectivity index (χ3n) is 14.4. The SMILES string of the molecule is CC(=O)OC[C@@H]1O[C@@H](OC[C@@H]2O[C@@H](O[C@H]3[C@H](OC[C@H]4O[C@@H]5OC(C)(C)O[C@@H]5[C@H]5OC(C)(C)O[C@H]54)O[C@H](CO[C@@H]4O[C@H](COC(C)=O)[C@H](OC(C)=O)[C@H](OC(C)=O)[C@H]4OC(C)=O)[C@@H]4OC(C)(C)O[C@@H]43)[C@H](OC(C)=O)[C@H]2OC(C)=O)[C@H](OC(C)=O)[C@H]1OC(C)=O. The van der Waals surface area contributed by atoms with Gasteiger partial charge in [-0.1, -0.05) is 0 Å². The van der Waals surface area contributed by atoms with Gasteiger partial charge in [0.15, 0.2) is 91.5 Å². The van der Waals surface area contributed by atoms with Gasteiger partial charge < -0.3 is 114 Å². The van der Waals surface area contributed by atoms with Crippen LogP contribution in [-0.4, -0.2) is 245 Å². The van der Waals surface area contributed by atoms with E-state index in [1.165, 1.54) is 0 Å². The van der Waals surface area contributed by atoms with Gasteiger partial charge in [0.2, 0.25) is 0 Å². The number of rotatable bonds is 22. The highest BCUT2D eigenvalue weighted by atomic mass is 16.9. The molecular formula is C55H78O33. The number of carbonyl (C=O) groups excluding carboxylic acids is 9. The normalized spacial score (nSPS) is 39.1. The van der Waals surface area contributed by atoms with Gasteiger partial charge in [-0.15, -0.1) is 0 Å². The Morgan fingerprint density at radius 2 is 0.580 bits per heavy atom. The molecule has 0 unspecified atom stereocenters. The van der Waals surface area contributed by atoms with Crippen molar-refractivity contribution in [2.75, 3.05) is 33.0 Å². The van der Waals surface area contributed by atoms with Crippen molar-refractivity contribution in [3.63, 3.8) is 0 Å². The van der Waals surface area contributed by atoms with Crippen molar-refractivity contribution in [1.82, 2.24) is 0 Å². The Morgan fingerprint density at radius 3 is 1.03 bits per heavy atom. The zero-order chi connectivity index (χ0) is 64.5. The molecule has 0 aliphatic carbocycles. The highest BCUT2D eigenvalue weighted by Crippen LogP contribution is 2.46. The van der Waals surface area contributed by atoms with Gasteiger partial charge in [0.25, 0.3) is 0 Å². The van der Waals surface area contributed by atoms with Gasteiger partial charge in [0.1, 0.15) is 80.4 Å². The van der Waals surface area contributed by atoms with Gasteiger partial charge in [-0.3, -0.25) is 43.2 Å². The van der Waals surface area contributed by atoms with Gasteiger partial charge in [-0.2, -0.15) is 0 Å². The predicted molar refractivity (Wildman–Crippen MR) is 276 cm³/mol. The van der Waals surface area contributed by atoms with Crippen molar-refractivity contribution in [3.05, 3.63) is 0 Å². The molecule has 8 rings (SSSR count). The van der Waals surface area contributed by atoms with E-state index >= 15 is 0 Å². The molecule has 0 amide bonds. The molecule has 8 heterocycles. The lowest BCUT2D eigenvalue weighted by Gasteiger charge is -2.46. The first-order valence-electron chi connectivity index (χ1n) is 28.5. The monoisotopic (exact) mass is 1270 g/mol. The minimum Gasteiger partial charge on any atom is -0.463 e. The molecule has 0 radical (unpaired) electrons. The average Bonchev–Trinajstić information content (AvgIpc) is 1.95. The fourth-order valence-electron chi connectivity index (χ4n) is 11.5. The Bertz CT molecular complexity index is 2560. The number of hydrogen-bond donors (Lipinski definition) is 0. The van der Waals surface area contributed by atoms with Crippen LogP contribution in [0.15, 0.2) is 0 Å². The van der Waals surface area contributed by atoms with E-state index in [9.17, 15) is 43.2 Å². The van der Waals surface area contributed by atoms with Gasteiger partial charge >= 0.3 is 53.7 Å². The van der Waals surface area contributed by atoms with Gasteiger partial charge in [0.05, 0.1) is 19.8 Å². The first kappa shape index (κ1) is 68.5. The summed E-state index contributed by atoms with van der Waals surface area (Å²) < 4.78 is 146. The molecule has 88 heavy (non-hydrogen) atoms. The third-order valence-corrected chi connectivity index (χ3v) is 14.4. The van der Waals surface area contributed by atoms with Crippen LogP contribution in [0.4, 0.5) is 0 Å². The molecule has 8 aliphatic rings. The van der Waals surface area contributed by atoms with Crippen LogP contribution in [-0.2, 0) is 157 Å². The van der Waals surface area contributed by atoms with Crippen molar-refractivity contribution in [2.24, 2.45) is 0 Å². The zero-order valence-electron chi connectivity index (χ0n) is 51.3. The maximum absolute atomic E-state index is 13.1. The van der Waals surface area contributed by atoms with Crippen LogP contribution in [0.3, 0.4) is 0 Å². The van der Waals surface area contributed by atoms with Crippen molar-refractivity contribution in [1.29, 1.82) is 0 Å². The maximum Gasteiger partial charge on any atom is 0.303 e. The van der Waals surface area contributed by atoms with Crippen molar-refractivity contribution >= 4 is 53.7 Å². The molecule has 0 bridgehead atoms. The van der Waals surface area contributed by atoms with Crippen LogP contribution >= 0.6 is 0 Å². The highest BCUT2D eigenvalue weighted by molar-refractivity contribution is 5.70. The molecule has 0 N–H and O–H groups in total. The molecular weight excluding hydrogens is 1190 g/mol. The number of hydrogen-bond acceptors (Lipinski definition) is 33. The van der Waals surface area contributed by atoms with Gasteiger partial charge in [0, 0.05) is 62.3 Å². The Labute approximate surface area is 505 Å². The maximum atomic E-state index is 13.1. The summed E-state index contributed by atoms with van der Waals surface area (Å²) >= 11 is 0. The number of esters is 9. The first-order valence-corrected chi connectivity index (χ1v) is 28.5. The summed E-state index contributed by atoms with van der Waals surface area (Å²) in [5, 5.41) is 0. The molecule has 33 nitrogen and oxygen atoms in total. The quantitative estimate of drug-likeness (QED) is 0.101. The van der Waals surface area contributed by atoms with Crippen LogP contribution in [0.25, 0.3) is 0 Å². The second-order valence-electron chi connectivity index (χ2n) is 23.2. The molecule has 8 fully saturated rings. The topological polar surface area (TPSA) is 375 Å². The fourth-order valence-corrected chi connectivity index (χ4v) is 11.5. The standard InChI is InChI=1S/C55H78O33/c1-21(56)65-16-30-35(70-23(3)58)40(73-26(6)61)45(76-29(9)64)49(77-30)68-19-33-38-41(85-53(10,11)83-38)46(50(79-33)69-20-34-39-42(86-54(12,13)84-39)47-52(81-34)88-55(14,15)87-47)82-51-44(75-28(8)63)37(72-25(5)60)32(80-51)18-67-48-43(74-27(7)62)36(71-24(4)59)31(78-48)17-66-22(2)57/h30-52H,16-20H2,1-15H3/t30-,31+,32+,33-,34-,35+,36+,37+,38+,39+,40+,41+,42+,43-,44-,45-,46-,47-,48-,49-,50-,51+,52-/m1/s1. The molecule has 496 valence electrons. The molecule has 8 saturated heterocycles. The summed E-state index contributed by atoms with van der Waals surface area (Å²) in [5.74, 6) is -11.2. The molecule has 0 aromatic carbocycles. The average molecular weight is 1270 g/mol. The summed E-state index contributed by atoms with van der Waals surface area (Å²) in [5.41, 5.74) is 0. The van der Waals surface area contributed by atoms with Crippen molar-refractivity contribution in [3.8, 4) is 0 Å². The molecule has 23 atom stereocenters. The lowest BCUT2D eigenvalue weighted by molar-refractivity contribution is -0.346. The Balaban J connectivity index is 1.13. The van der Waals surface area contributed by atoms with E-state index in [0.717, 1.165) is 62.3 Å². The smallest absolute Gasteiger partial charge is 0.303 e. The van der Waals surface area contributed by atoms with Crippen LogP contribution in [0, 0.1) is 0 Å². The lowest BCUT2D eigenvalue weighted by Crippen LogP contribution is -2.64. The Morgan fingerprint density at radius 1 is 0.284 bits per heavy atom. The molecule has 0 saturated carbocycles. The van der Waals surface area contributed by atoms with Crippen LogP contribution < -0.4 is 0 Å². The summed E-state index contributed by atoms with van der Waals surface area (Å²) in [6, 6.07) is 0. The second kappa shape index (κ2) is 28.0. The van der Waals surface area contributed by atoms with E-state index in [1.807, 2.05) is 0 Å². The van der Waals surface area contributed by atoms with E-state index in [-0.39, 0.29) is 6.61 Å². The fraction of sp³-hybridized carbons (Fsp3) is 0.836. The van der Waals surface area contributed by atoms with Gasteiger partial charge in [-0.25, -0.2) is 0 Å².